The quantitative estimate of drug-likeness (QED) is 0.158. The lowest BCUT2D eigenvalue weighted by atomic mass is 10.1. The average Bonchev–Trinajstić information content (AvgIpc) is 3.47. The van der Waals surface area contributed by atoms with Crippen LogP contribution in [-0.2, 0) is 13.0 Å². The molecule has 0 aliphatic carbocycles. The largest absolute Gasteiger partial charge is 0.398 e. The summed E-state index contributed by atoms with van der Waals surface area (Å²) in [4.78, 5) is 20.8. The van der Waals surface area contributed by atoms with Gasteiger partial charge in [-0.1, -0.05) is 59.6 Å². The molecule has 0 radical (unpaired) electrons. The van der Waals surface area contributed by atoms with Crippen LogP contribution in [0.25, 0.3) is 22.2 Å². The van der Waals surface area contributed by atoms with Crippen LogP contribution < -0.4 is 22.1 Å². The van der Waals surface area contributed by atoms with E-state index in [-0.39, 0.29) is 12.6 Å². The molecule has 5 aromatic rings. The smallest absolute Gasteiger partial charge is 0.315 e. The summed E-state index contributed by atoms with van der Waals surface area (Å²) in [6.45, 7) is 0.216. The fraction of sp³-hybridized carbons (Fsp3) is 0.115. The monoisotopic (exact) mass is 534 g/mol. The van der Waals surface area contributed by atoms with Gasteiger partial charge >= 0.3 is 6.03 Å². The number of aromatic nitrogens is 4. The lowest BCUT2D eigenvalue weighted by molar-refractivity contribution is 0.236. The van der Waals surface area contributed by atoms with Gasteiger partial charge in [0, 0.05) is 28.2 Å². The molecule has 2 aromatic heterocycles. The predicted octanol–water partition coefficient (Wildman–Crippen LogP) is 5.21. The molecule has 0 spiro atoms. The number of aromatic amines is 2. The maximum Gasteiger partial charge on any atom is 0.315 e. The molecule has 188 valence electrons. The summed E-state index contributed by atoms with van der Waals surface area (Å²) in [6, 6.07) is 19.7. The van der Waals surface area contributed by atoms with E-state index in [9.17, 15) is 4.79 Å². The van der Waals surface area contributed by atoms with Gasteiger partial charge in [-0.05, 0) is 47.9 Å². The molecular formula is C26H24Cl2N8O. The number of rotatable bonds is 7. The van der Waals surface area contributed by atoms with E-state index < -0.39 is 6.04 Å². The molecule has 3 aromatic carbocycles. The Kier molecular flexibility index (Phi) is 6.89. The summed E-state index contributed by atoms with van der Waals surface area (Å²) in [5.74, 6) is 0.943. The first-order chi connectivity index (χ1) is 17.9. The Hall–Kier alpha value is -4.21. The molecule has 1 atom stereocenters. The van der Waals surface area contributed by atoms with Crippen molar-refractivity contribution in [2.75, 3.05) is 11.5 Å². The van der Waals surface area contributed by atoms with Crippen LogP contribution in [0.3, 0.4) is 0 Å². The van der Waals surface area contributed by atoms with Crippen molar-refractivity contribution in [3.63, 3.8) is 0 Å². The van der Waals surface area contributed by atoms with E-state index in [4.69, 9.17) is 39.7 Å². The predicted molar refractivity (Wildman–Crippen MR) is 147 cm³/mol. The standard InChI is InChI=1S/C26H24Cl2N8O/c27-17-7-9-19(29)16(11-17)13-31-26(37)32-21(10-14-4-2-1-3-5-14)25-33-22(23(28)34-25)15-6-8-18-20(12-15)35-36-24(18)30/h1-9,11-12,21H,10,13,29H2,(H,33,34)(H3,30,35,36)(H2,31,32,37). The van der Waals surface area contributed by atoms with Gasteiger partial charge in [0.1, 0.15) is 16.7 Å². The lowest BCUT2D eigenvalue weighted by Gasteiger charge is -2.18. The first kappa shape index (κ1) is 24.5. The third kappa shape index (κ3) is 5.47. The van der Waals surface area contributed by atoms with E-state index in [1.807, 2.05) is 48.5 Å². The van der Waals surface area contributed by atoms with Gasteiger partial charge in [-0.3, -0.25) is 5.10 Å². The molecule has 11 heteroatoms. The highest BCUT2D eigenvalue weighted by molar-refractivity contribution is 6.32. The molecule has 0 saturated carbocycles. The van der Waals surface area contributed by atoms with Crippen LogP contribution in [-0.4, -0.2) is 26.2 Å². The minimum absolute atomic E-state index is 0.216. The number of hydrogen-bond donors (Lipinski definition) is 6. The number of benzene rings is 3. The van der Waals surface area contributed by atoms with Crippen molar-refractivity contribution in [1.29, 1.82) is 0 Å². The summed E-state index contributed by atoms with van der Waals surface area (Å²) < 4.78 is 0. The molecule has 0 aliphatic rings. The van der Waals surface area contributed by atoms with E-state index in [1.54, 1.807) is 18.2 Å². The number of carbonyl (C=O) groups excluding carboxylic acids is 1. The highest BCUT2D eigenvalue weighted by Gasteiger charge is 2.22. The number of fused-ring (bicyclic) bond motifs is 1. The number of H-pyrrole nitrogens is 2. The van der Waals surface area contributed by atoms with E-state index in [0.717, 1.165) is 27.6 Å². The number of halogens is 2. The molecule has 0 aliphatic heterocycles. The molecule has 1 unspecified atom stereocenters. The molecule has 2 heterocycles. The number of hydrogen-bond acceptors (Lipinski definition) is 5. The first-order valence-electron chi connectivity index (χ1n) is 11.5. The zero-order chi connectivity index (χ0) is 25.9. The second-order valence-corrected chi connectivity index (χ2v) is 9.38. The van der Waals surface area contributed by atoms with Crippen molar-refractivity contribution in [2.45, 2.75) is 19.0 Å². The van der Waals surface area contributed by atoms with Gasteiger partial charge in [0.25, 0.3) is 0 Å². The maximum atomic E-state index is 12.9. The van der Waals surface area contributed by atoms with Crippen molar-refractivity contribution < 1.29 is 4.79 Å². The lowest BCUT2D eigenvalue weighted by Crippen LogP contribution is -2.39. The highest BCUT2D eigenvalue weighted by Crippen LogP contribution is 2.31. The number of anilines is 2. The number of nitrogens with one attached hydrogen (secondary N) is 4. The summed E-state index contributed by atoms with van der Waals surface area (Å²) in [5, 5.41) is 14.5. The minimum Gasteiger partial charge on any atom is -0.398 e. The van der Waals surface area contributed by atoms with Crippen molar-refractivity contribution >= 4 is 51.6 Å². The Bertz CT molecular complexity index is 1560. The molecule has 0 bridgehead atoms. The van der Waals surface area contributed by atoms with Gasteiger partial charge in [-0.2, -0.15) is 5.10 Å². The van der Waals surface area contributed by atoms with Crippen molar-refractivity contribution in [3.05, 3.63) is 93.9 Å². The Morgan fingerprint density at radius 3 is 2.65 bits per heavy atom. The minimum atomic E-state index is -0.489. The summed E-state index contributed by atoms with van der Waals surface area (Å²) in [5.41, 5.74) is 16.3. The van der Waals surface area contributed by atoms with E-state index in [0.29, 0.717) is 39.6 Å². The van der Waals surface area contributed by atoms with Crippen LogP contribution in [0.1, 0.15) is 23.0 Å². The van der Waals surface area contributed by atoms with Gasteiger partial charge in [-0.15, -0.1) is 0 Å². The second kappa shape index (κ2) is 10.4. The molecule has 8 N–H and O–H groups in total. The Labute approximate surface area is 222 Å². The topological polar surface area (TPSA) is 151 Å². The Morgan fingerprint density at radius 2 is 1.84 bits per heavy atom. The molecule has 0 saturated heterocycles. The van der Waals surface area contributed by atoms with Gasteiger partial charge in [0.2, 0.25) is 0 Å². The van der Waals surface area contributed by atoms with E-state index in [1.165, 1.54) is 0 Å². The maximum absolute atomic E-state index is 12.9. The number of carbonyl (C=O) groups is 1. The van der Waals surface area contributed by atoms with Gasteiger partial charge in [0.05, 0.1) is 11.6 Å². The third-order valence-electron chi connectivity index (χ3n) is 6.01. The zero-order valence-electron chi connectivity index (χ0n) is 19.6. The normalized spacial score (nSPS) is 11.9. The van der Waals surface area contributed by atoms with Crippen LogP contribution >= 0.6 is 23.2 Å². The van der Waals surface area contributed by atoms with Crippen molar-refractivity contribution in [3.8, 4) is 11.3 Å². The molecule has 9 nitrogen and oxygen atoms in total. The number of nitrogens with zero attached hydrogens (tertiary/aromatic N) is 2. The molecular weight excluding hydrogens is 511 g/mol. The Balaban J connectivity index is 1.39. The van der Waals surface area contributed by atoms with Gasteiger partial charge in [0.15, 0.2) is 5.82 Å². The summed E-state index contributed by atoms with van der Waals surface area (Å²) in [6.07, 6.45) is 0.493. The molecule has 2 amide bonds. The van der Waals surface area contributed by atoms with Gasteiger partial charge in [-0.25, -0.2) is 9.78 Å². The molecule has 5 rings (SSSR count). The average molecular weight is 535 g/mol. The van der Waals surface area contributed by atoms with E-state index in [2.05, 4.69) is 25.8 Å². The summed E-state index contributed by atoms with van der Waals surface area (Å²) >= 11 is 12.6. The third-order valence-corrected chi connectivity index (χ3v) is 6.51. The fourth-order valence-corrected chi connectivity index (χ4v) is 4.53. The van der Waals surface area contributed by atoms with E-state index >= 15 is 0 Å². The van der Waals surface area contributed by atoms with Crippen molar-refractivity contribution in [2.24, 2.45) is 0 Å². The van der Waals surface area contributed by atoms with Gasteiger partial charge < -0.3 is 27.1 Å². The fourth-order valence-electron chi connectivity index (χ4n) is 4.09. The zero-order valence-corrected chi connectivity index (χ0v) is 21.1. The van der Waals surface area contributed by atoms with Crippen LogP contribution in [0.2, 0.25) is 10.2 Å². The SMILES string of the molecule is Nc1ccc(Cl)cc1CNC(=O)NC(Cc1ccccc1)c1nc(-c2ccc3c(N)n[nH]c3c2)c(Cl)[nH]1. The molecule has 0 fully saturated rings. The molecule has 37 heavy (non-hydrogen) atoms. The number of urea groups is 1. The van der Waals surface area contributed by atoms with Crippen LogP contribution in [0, 0.1) is 0 Å². The van der Waals surface area contributed by atoms with Crippen molar-refractivity contribution in [1.82, 2.24) is 30.8 Å². The first-order valence-corrected chi connectivity index (χ1v) is 12.2. The Morgan fingerprint density at radius 1 is 1.03 bits per heavy atom. The number of imidazole rings is 1. The number of nitrogens with two attached hydrogens (primary N) is 2. The van der Waals surface area contributed by atoms with Crippen LogP contribution in [0.5, 0.6) is 0 Å². The highest BCUT2D eigenvalue weighted by atomic mass is 35.5. The van der Waals surface area contributed by atoms with Crippen LogP contribution in [0.4, 0.5) is 16.3 Å². The van der Waals surface area contributed by atoms with Crippen LogP contribution in [0.15, 0.2) is 66.7 Å². The summed E-state index contributed by atoms with van der Waals surface area (Å²) in [7, 11) is 0. The number of amides is 2. The second-order valence-electron chi connectivity index (χ2n) is 8.57. The number of nitrogen functional groups attached to an aromatic ring is 2.